The molecular weight excluding hydrogens is 260 g/mol. The maximum absolute atomic E-state index is 9.14. The second-order valence-electron chi connectivity index (χ2n) is 4.86. The van der Waals surface area contributed by atoms with E-state index in [2.05, 4.69) is 35.7 Å². The van der Waals surface area contributed by atoms with E-state index in [-0.39, 0.29) is 0 Å². The quantitative estimate of drug-likeness (QED) is 0.780. The van der Waals surface area contributed by atoms with Crippen LogP contribution in [0, 0.1) is 11.3 Å². The first-order valence-corrected chi connectivity index (χ1v) is 7.20. The predicted octanol–water partition coefficient (Wildman–Crippen LogP) is 4.00. The summed E-state index contributed by atoms with van der Waals surface area (Å²) in [7, 11) is 1.62. The van der Waals surface area contributed by atoms with E-state index in [1.54, 1.807) is 13.2 Å². The van der Waals surface area contributed by atoms with E-state index in [0.717, 1.165) is 37.2 Å². The Morgan fingerprint density at radius 3 is 2.57 bits per heavy atom. The number of para-hydroxylation sites is 1. The van der Waals surface area contributed by atoms with E-state index in [1.165, 1.54) is 5.56 Å². The number of nitrogens with zero attached hydrogens (tertiary/aromatic N) is 1. The Bertz CT molecular complexity index is 602. The lowest BCUT2D eigenvalue weighted by Gasteiger charge is -2.12. The van der Waals surface area contributed by atoms with Gasteiger partial charge in [0.05, 0.1) is 18.4 Å². The van der Waals surface area contributed by atoms with Crippen LogP contribution in [0.2, 0.25) is 0 Å². The zero-order chi connectivity index (χ0) is 14.9. The molecule has 0 aromatic heterocycles. The van der Waals surface area contributed by atoms with Gasteiger partial charge in [0, 0.05) is 6.54 Å². The SMILES string of the molecule is COc1cccc(C#N)c1NCCCCc1ccccc1. The first-order valence-electron chi connectivity index (χ1n) is 7.20. The molecule has 0 heterocycles. The Morgan fingerprint density at radius 1 is 1.05 bits per heavy atom. The van der Waals surface area contributed by atoms with Crippen LogP contribution >= 0.6 is 0 Å². The normalized spacial score (nSPS) is 9.90. The van der Waals surface area contributed by atoms with Crippen LogP contribution in [-0.2, 0) is 6.42 Å². The highest BCUT2D eigenvalue weighted by molar-refractivity contribution is 5.66. The monoisotopic (exact) mass is 280 g/mol. The average Bonchev–Trinajstić information content (AvgIpc) is 2.55. The molecule has 1 N–H and O–H groups in total. The Hall–Kier alpha value is -2.47. The molecule has 0 radical (unpaired) electrons. The van der Waals surface area contributed by atoms with Crippen LogP contribution < -0.4 is 10.1 Å². The molecule has 0 aliphatic carbocycles. The molecule has 0 spiro atoms. The summed E-state index contributed by atoms with van der Waals surface area (Å²) in [5.41, 5.74) is 2.78. The van der Waals surface area contributed by atoms with Gasteiger partial charge in [-0.1, -0.05) is 36.4 Å². The van der Waals surface area contributed by atoms with Gasteiger partial charge in [-0.15, -0.1) is 0 Å². The van der Waals surface area contributed by atoms with E-state index < -0.39 is 0 Å². The number of nitrogens with one attached hydrogen (secondary N) is 1. The molecule has 0 atom stereocenters. The van der Waals surface area contributed by atoms with E-state index in [0.29, 0.717) is 5.56 Å². The molecule has 2 aromatic rings. The van der Waals surface area contributed by atoms with Crippen LogP contribution in [0.1, 0.15) is 24.0 Å². The lowest BCUT2D eigenvalue weighted by atomic mass is 10.1. The van der Waals surface area contributed by atoms with E-state index in [9.17, 15) is 0 Å². The second-order valence-corrected chi connectivity index (χ2v) is 4.86. The smallest absolute Gasteiger partial charge is 0.143 e. The summed E-state index contributed by atoms with van der Waals surface area (Å²) in [6.07, 6.45) is 3.26. The summed E-state index contributed by atoms with van der Waals surface area (Å²) in [5, 5.41) is 12.5. The molecule has 0 fully saturated rings. The summed E-state index contributed by atoms with van der Waals surface area (Å²) in [4.78, 5) is 0. The zero-order valence-corrected chi connectivity index (χ0v) is 12.3. The van der Waals surface area contributed by atoms with Gasteiger partial charge in [-0.05, 0) is 37.0 Å². The third-order valence-corrected chi connectivity index (χ3v) is 3.40. The fraction of sp³-hybridized carbons (Fsp3) is 0.278. The van der Waals surface area contributed by atoms with Gasteiger partial charge in [-0.2, -0.15) is 5.26 Å². The predicted molar refractivity (Wildman–Crippen MR) is 85.6 cm³/mol. The van der Waals surface area contributed by atoms with Gasteiger partial charge in [-0.3, -0.25) is 0 Å². The van der Waals surface area contributed by atoms with Gasteiger partial charge in [0.2, 0.25) is 0 Å². The molecular formula is C18H20N2O. The van der Waals surface area contributed by atoms with Crippen LogP contribution in [-0.4, -0.2) is 13.7 Å². The number of methoxy groups -OCH3 is 1. The van der Waals surface area contributed by atoms with E-state index in [4.69, 9.17) is 10.00 Å². The van der Waals surface area contributed by atoms with Crippen molar-refractivity contribution in [2.24, 2.45) is 0 Å². The number of benzene rings is 2. The fourth-order valence-electron chi connectivity index (χ4n) is 2.29. The number of aryl methyl sites for hydroxylation is 1. The molecule has 0 aliphatic rings. The van der Waals surface area contributed by atoms with Crippen LogP contribution in [0.15, 0.2) is 48.5 Å². The molecule has 3 nitrogen and oxygen atoms in total. The number of ether oxygens (including phenoxy) is 1. The van der Waals surface area contributed by atoms with E-state index >= 15 is 0 Å². The van der Waals surface area contributed by atoms with E-state index in [1.807, 2.05) is 18.2 Å². The maximum atomic E-state index is 9.14. The first kappa shape index (κ1) is 14.9. The molecule has 0 aliphatic heterocycles. The van der Waals surface area contributed by atoms with Gasteiger partial charge in [0.25, 0.3) is 0 Å². The number of nitriles is 1. The van der Waals surface area contributed by atoms with Gasteiger partial charge in [0.1, 0.15) is 11.8 Å². The summed E-state index contributed by atoms with van der Waals surface area (Å²) >= 11 is 0. The summed E-state index contributed by atoms with van der Waals surface area (Å²) in [6, 6.07) is 18.2. The number of anilines is 1. The third kappa shape index (κ3) is 4.25. The van der Waals surface area contributed by atoms with Crippen molar-refractivity contribution < 1.29 is 4.74 Å². The molecule has 0 unspecified atom stereocenters. The second kappa shape index (κ2) is 7.96. The zero-order valence-electron chi connectivity index (χ0n) is 12.3. The van der Waals surface area contributed by atoms with Gasteiger partial charge in [-0.25, -0.2) is 0 Å². The third-order valence-electron chi connectivity index (χ3n) is 3.40. The molecule has 0 saturated carbocycles. The number of hydrogen-bond donors (Lipinski definition) is 1. The van der Waals surface area contributed by atoms with Crippen LogP contribution in [0.3, 0.4) is 0 Å². The number of unbranched alkanes of at least 4 members (excludes halogenated alkanes) is 1. The van der Waals surface area contributed by atoms with Crippen molar-refractivity contribution in [1.29, 1.82) is 5.26 Å². The molecule has 108 valence electrons. The highest BCUT2D eigenvalue weighted by Gasteiger charge is 2.07. The van der Waals surface area contributed by atoms with Gasteiger partial charge < -0.3 is 10.1 Å². The van der Waals surface area contributed by atoms with Crippen molar-refractivity contribution in [2.75, 3.05) is 19.0 Å². The molecule has 0 amide bonds. The fourth-order valence-corrected chi connectivity index (χ4v) is 2.29. The lowest BCUT2D eigenvalue weighted by Crippen LogP contribution is -2.05. The molecule has 3 heteroatoms. The standard InChI is InChI=1S/C18H20N2O/c1-21-17-12-7-11-16(14-19)18(17)20-13-6-5-10-15-8-3-2-4-9-15/h2-4,7-9,11-12,20H,5-6,10,13H2,1H3. The number of rotatable bonds is 7. The van der Waals surface area contributed by atoms with Crippen LogP contribution in [0.25, 0.3) is 0 Å². The molecule has 2 rings (SSSR count). The van der Waals surface area contributed by atoms with Crippen molar-refractivity contribution in [2.45, 2.75) is 19.3 Å². The van der Waals surface area contributed by atoms with Crippen molar-refractivity contribution in [1.82, 2.24) is 0 Å². The highest BCUT2D eigenvalue weighted by Crippen LogP contribution is 2.27. The average molecular weight is 280 g/mol. The van der Waals surface area contributed by atoms with Gasteiger partial charge >= 0.3 is 0 Å². The molecule has 0 saturated heterocycles. The Morgan fingerprint density at radius 2 is 1.86 bits per heavy atom. The van der Waals surface area contributed by atoms with Crippen molar-refractivity contribution in [3.8, 4) is 11.8 Å². The summed E-state index contributed by atoms with van der Waals surface area (Å²) < 4.78 is 5.30. The minimum absolute atomic E-state index is 0.623. The molecule has 0 bridgehead atoms. The summed E-state index contributed by atoms with van der Waals surface area (Å²) in [5.74, 6) is 0.720. The van der Waals surface area contributed by atoms with Crippen molar-refractivity contribution >= 4 is 5.69 Å². The molecule has 21 heavy (non-hydrogen) atoms. The summed E-state index contributed by atoms with van der Waals surface area (Å²) in [6.45, 7) is 0.835. The van der Waals surface area contributed by atoms with Crippen molar-refractivity contribution in [3.05, 3.63) is 59.7 Å². The Kier molecular flexibility index (Phi) is 5.66. The topological polar surface area (TPSA) is 45.0 Å². The largest absolute Gasteiger partial charge is 0.495 e. The Balaban J connectivity index is 1.82. The minimum atomic E-state index is 0.623. The van der Waals surface area contributed by atoms with Gasteiger partial charge in [0.15, 0.2) is 0 Å². The van der Waals surface area contributed by atoms with Crippen molar-refractivity contribution in [3.63, 3.8) is 0 Å². The molecule has 2 aromatic carbocycles. The Labute approximate surface area is 126 Å². The van der Waals surface area contributed by atoms with Crippen LogP contribution in [0.4, 0.5) is 5.69 Å². The lowest BCUT2D eigenvalue weighted by molar-refractivity contribution is 0.416. The minimum Gasteiger partial charge on any atom is -0.495 e. The maximum Gasteiger partial charge on any atom is 0.143 e. The first-order chi connectivity index (χ1) is 10.3. The number of hydrogen-bond acceptors (Lipinski definition) is 3. The van der Waals surface area contributed by atoms with Crippen LogP contribution in [0.5, 0.6) is 5.75 Å². The highest BCUT2D eigenvalue weighted by atomic mass is 16.5.